The van der Waals surface area contributed by atoms with Gasteiger partial charge in [-0.25, -0.2) is 9.59 Å². The van der Waals surface area contributed by atoms with Gasteiger partial charge in [0, 0.05) is 25.7 Å². The zero-order valence-corrected chi connectivity index (χ0v) is 24.7. The van der Waals surface area contributed by atoms with E-state index in [4.69, 9.17) is 13.9 Å². The Bertz CT molecular complexity index is 1610. The Hall–Kier alpha value is -4.86. The van der Waals surface area contributed by atoms with Gasteiger partial charge in [0.25, 0.3) is 6.01 Å². The molecule has 0 aliphatic carbocycles. The van der Waals surface area contributed by atoms with Crippen LogP contribution in [0, 0.1) is 6.92 Å². The summed E-state index contributed by atoms with van der Waals surface area (Å²) in [5.41, 5.74) is 2.13. The summed E-state index contributed by atoms with van der Waals surface area (Å²) >= 11 is 0. The summed E-state index contributed by atoms with van der Waals surface area (Å²) in [7, 11) is 3.29. The highest BCUT2D eigenvalue weighted by atomic mass is 16.6. The Kier molecular flexibility index (Phi) is 9.15. The number of aryl methyl sites for hydroxylation is 1. The summed E-state index contributed by atoms with van der Waals surface area (Å²) in [6.07, 6.45) is -0.252. The van der Waals surface area contributed by atoms with Crippen molar-refractivity contribution in [3.63, 3.8) is 0 Å². The van der Waals surface area contributed by atoms with Crippen LogP contribution >= 0.6 is 0 Å². The van der Waals surface area contributed by atoms with Gasteiger partial charge in [0.1, 0.15) is 17.4 Å². The molecule has 0 aliphatic rings. The van der Waals surface area contributed by atoms with Crippen LogP contribution in [-0.4, -0.2) is 42.8 Å². The van der Waals surface area contributed by atoms with E-state index in [9.17, 15) is 14.4 Å². The lowest BCUT2D eigenvalue weighted by molar-refractivity contribution is -0.119. The lowest BCUT2D eigenvalue weighted by atomic mass is 10.0. The molecule has 10 heteroatoms. The molecule has 2 amide bonds. The highest BCUT2D eigenvalue weighted by Crippen LogP contribution is 2.22. The van der Waals surface area contributed by atoms with Crippen LogP contribution in [0.15, 0.2) is 75.9 Å². The second-order valence-corrected chi connectivity index (χ2v) is 10.9. The number of carbonyl (C=O) groups excluding carboxylic acids is 2. The number of likely N-dealkylation sites (N-methyl/N-ethyl adjacent to an activating group) is 1. The summed E-state index contributed by atoms with van der Waals surface area (Å²) in [5, 5.41) is 6.06. The summed E-state index contributed by atoms with van der Waals surface area (Å²) in [6, 6.07) is 19.3. The van der Waals surface area contributed by atoms with Crippen molar-refractivity contribution in [2.45, 2.75) is 52.3 Å². The average Bonchev–Trinajstić information content (AvgIpc) is 2.95. The molecule has 0 saturated heterocycles. The number of nitrogens with zero attached hydrogens (tertiary/aromatic N) is 2. The number of anilines is 2. The van der Waals surface area contributed by atoms with Crippen molar-refractivity contribution in [1.82, 2.24) is 10.3 Å². The average molecular weight is 573 g/mol. The Balaban J connectivity index is 1.61. The van der Waals surface area contributed by atoms with Crippen molar-refractivity contribution >= 4 is 34.6 Å². The van der Waals surface area contributed by atoms with Crippen LogP contribution in [0.2, 0.25) is 0 Å². The largest absolute Gasteiger partial charge is 0.497 e. The van der Waals surface area contributed by atoms with Gasteiger partial charge in [0.15, 0.2) is 0 Å². The molecule has 3 aromatic carbocycles. The van der Waals surface area contributed by atoms with Crippen molar-refractivity contribution in [1.29, 1.82) is 0 Å². The highest BCUT2D eigenvalue weighted by molar-refractivity contribution is 5.98. The first kappa shape index (κ1) is 30.1. The van der Waals surface area contributed by atoms with Gasteiger partial charge in [-0.2, -0.15) is 4.98 Å². The lowest BCUT2D eigenvalue weighted by Gasteiger charge is -2.25. The number of carbonyl (C=O) groups is 2. The number of benzene rings is 3. The fourth-order valence-corrected chi connectivity index (χ4v) is 4.46. The zero-order valence-electron chi connectivity index (χ0n) is 24.7. The summed E-state index contributed by atoms with van der Waals surface area (Å²) in [4.78, 5) is 45.0. The molecule has 10 nitrogen and oxygen atoms in total. The predicted octanol–water partition coefficient (Wildman–Crippen LogP) is 5.22. The molecule has 4 rings (SSSR count). The third kappa shape index (κ3) is 7.45. The Morgan fingerprint density at radius 1 is 1.02 bits per heavy atom. The maximum atomic E-state index is 13.7. The fourth-order valence-electron chi connectivity index (χ4n) is 4.46. The van der Waals surface area contributed by atoms with E-state index in [0.29, 0.717) is 28.6 Å². The Labute approximate surface area is 244 Å². The molecule has 0 aliphatic heterocycles. The van der Waals surface area contributed by atoms with Gasteiger partial charge < -0.3 is 29.4 Å². The summed E-state index contributed by atoms with van der Waals surface area (Å²) < 4.78 is 16.1. The van der Waals surface area contributed by atoms with Crippen molar-refractivity contribution in [3.8, 4) is 5.75 Å². The van der Waals surface area contributed by atoms with Crippen LogP contribution in [0.3, 0.4) is 0 Å². The van der Waals surface area contributed by atoms with E-state index in [1.54, 1.807) is 58.9 Å². The van der Waals surface area contributed by atoms with E-state index in [1.807, 2.05) is 54.6 Å². The number of nitrogens with one attached hydrogen (secondary N) is 2. The Morgan fingerprint density at radius 2 is 1.71 bits per heavy atom. The molecule has 0 saturated carbocycles. The van der Waals surface area contributed by atoms with E-state index in [0.717, 1.165) is 16.8 Å². The van der Waals surface area contributed by atoms with E-state index >= 15 is 0 Å². The minimum absolute atomic E-state index is 0.0696. The number of ether oxygens (including phenoxy) is 2. The normalized spacial score (nSPS) is 12.0. The molecule has 1 atom stereocenters. The van der Waals surface area contributed by atoms with Gasteiger partial charge in [-0.3, -0.25) is 4.79 Å². The number of hydrogen-bond acceptors (Lipinski definition) is 8. The standard InChI is InChI=1S/C32H36N4O6/c1-20-22(19-33-31(39)42-32(2,3)4)14-17-25-27(20)29(38)41-30(34-25)35-26(18-21-12-15-24(40-6)16-13-21)28(37)36(5)23-10-8-7-9-11-23/h7-17,26H,18-19H2,1-6H3,(H,33,39)(H,34,35)/t26-/m0/s1. The Morgan fingerprint density at radius 3 is 2.36 bits per heavy atom. The molecule has 0 fully saturated rings. The molecule has 0 bridgehead atoms. The molecule has 1 aromatic heterocycles. The summed E-state index contributed by atoms with van der Waals surface area (Å²) in [5.74, 6) is 0.468. The molecule has 1 heterocycles. The first-order valence-corrected chi connectivity index (χ1v) is 13.6. The van der Waals surface area contributed by atoms with Crippen LogP contribution < -0.4 is 25.9 Å². The number of fused-ring (bicyclic) bond motifs is 1. The molecular formula is C32H36N4O6. The third-order valence-corrected chi connectivity index (χ3v) is 6.66. The number of hydrogen-bond donors (Lipinski definition) is 2. The van der Waals surface area contributed by atoms with Crippen molar-refractivity contribution in [2.24, 2.45) is 0 Å². The van der Waals surface area contributed by atoms with Gasteiger partial charge in [-0.1, -0.05) is 36.4 Å². The number of rotatable bonds is 9. The first-order chi connectivity index (χ1) is 19.9. The molecule has 0 unspecified atom stereocenters. The highest BCUT2D eigenvalue weighted by Gasteiger charge is 2.26. The minimum atomic E-state index is -0.796. The first-order valence-electron chi connectivity index (χ1n) is 13.6. The van der Waals surface area contributed by atoms with Crippen LogP contribution in [0.25, 0.3) is 10.9 Å². The lowest BCUT2D eigenvalue weighted by Crippen LogP contribution is -2.42. The monoisotopic (exact) mass is 572 g/mol. The van der Waals surface area contributed by atoms with Crippen molar-refractivity contribution in [2.75, 3.05) is 24.4 Å². The van der Waals surface area contributed by atoms with Gasteiger partial charge >= 0.3 is 11.7 Å². The predicted molar refractivity (Wildman–Crippen MR) is 162 cm³/mol. The quantitative estimate of drug-likeness (QED) is 0.280. The molecular weight excluding hydrogens is 536 g/mol. The van der Waals surface area contributed by atoms with E-state index in [1.165, 1.54) is 0 Å². The molecule has 4 aromatic rings. The summed E-state index contributed by atoms with van der Waals surface area (Å²) in [6.45, 7) is 7.28. The van der Waals surface area contributed by atoms with E-state index < -0.39 is 23.4 Å². The minimum Gasteiger partial charge on any atom is -0.497 e. The van der Waals surface area contributed by atoms with Gasteiger partial charge in [0.05, 0.1) is 18.0 Å². The molecule has 2 N–H and O–H groups in total. The smallest absolute Gasteiger partial charge is 0.407 e. The van der Waals surface area contributed by atoms with Gasteiger partial charge in [-0.15, -0.1) is 0 Å². The van der Waals surface area contributed by atoms with Crippen molar-refractivity contribution in [3.05, 3.63) is 93.8 Å². The molecule has 0 spiro atoms. The van der Waals surface area contributed by atoms with E-state index in [2.05, 4.69) is 15.6 Å². The van der Waals surface area contributed by atoms with Crippen LogP contribution in [-0.2, 0) is 22.5 Å². The fraction of sp³-hybridized carbons (Fsp3) is 0.312. The third-order valence-electron chi connectivity index (χ3n) is 6.66. The number of methoxy groups -OCH3 is 1. The SMILES string of the molecule is COc1ccc(C[C@H](Nc2nc3ccc(CNC(=O)OC(C)(C)C)c(C)c3c(=O)o2)C(=O)N(C)c2ccccc2)cc1. The molecule has 0 radical (unpaired) electrons. The molecule has 42 heavy (non-hydrogen) atoms. The second kappa shape index (κ2) is 12.8. The van der Waals surface area contributed by atoms with Gasteiger partial charge in [-0.05, 0) is 74.7 Å². The van der Waals surface area contributed by atoms with Crippen LogP contribution in [0.4, 0.5) is 16.5 Å². The molecule has 220 valence electrons. The second-order valence-electron chi connectivity index (χ2n) is 10.9. The maximum Gasteiger partial charge on any atom is 0.407 e. The van der Waals surface area contributed by atoms with Gasteiger partial charge in [0.2, 0.25) is 5.91 Å². The maximum absolute atomic E-state index is 13.7. The number of aromatic nitrogens is 1. The number of para-hydroxylation sites is 1. The topological polar surface area (TPSA) is 123 Å². The van der Waals surface area contributed by atoms with Crippen molar-refractivity contribution < 1.29 is 23.5 Å². The van der Waals surface area contributed by atoms with Crippen LogP contribution in [0.5, 0.6) is 5.75 Å². The van der Waals surface area contributed by atoms with E-state index in [-0.39, 0.29) is 18.5 Å². The number of amides is 2. The zero-order chi connectivity index (χ0) is 30.4. The number of alkyl carbamates (subject to hydrolysis) is 1. The van der Waals surface area contributed by atoms with Crippen LogP contribution in [0.1, 0.15) is 37.5 Å².